The van der Waals surface area contributed by atoms with Gasteiger partial charge in [0.25, 0.3) is 5.91 Å². The summed E-state index contributed by atoms with van der Waals surface area (Å²) in [6, 6.07) is 17.9. The van der Waals surface area contributed by atoms with Crippen LogP contribution in [0.4, 0.5) is 5.69 Å². The Labute approximate surface area is 176 Å². The molecular weight excluding hydrogens is 376 g/mol. The molecule has 0 aliphatic carbocycles. The molecule has 0 spiro atoms. The number of nitrogens with zero attached hydrogens (tertiary/aromatic N) is 3. The van der Waals surface area contributed by atoms with E-state index in [1.165, 1.54) is 5.69 Å². The van der Waals surface area contributed by atoms with E-state index in [1.54, 1.807) is 6.07 Å². The number of hydrogen-bond donors (Lipinski definition) is 1. The molecule has 2 amide bonds. The Morgan fingerprint density at radius 3 is 2.43 bits per heavy atom. The van der Waals surface area contributed by atoms with Gasteiger partial charge < -0.3 is 15.1 Å². The number of carbonyl (C=O) groups excluding carboxylic acids is 2. The van der Waals surface area contributed by atoms with E-state index in [4.69, 9.17) is 0 Å². The number of para-hydroxylation sites is 1. The third kappa shape index (κ3) is 4.27. The van der Waals surface area contributed by atoms with Crippen molar-refractivity contribution in [1.82, 2.24) is 15.2 Å². The number of benzene rings is 2. The molecule has 1 N–H and O–H groups in total. The molecule has 0 bridgehead atoms. The van der Waals surface area contributed by atoms with Gasteiger partial charge in [0.1, 0.15) is 0 Å². The minimum Gasteiger partial charge on any atom is -0.368 e. The Hall–Kier alpha value is -3.41. The minimum atomic E-state index is -0.243. The molecule has 6 heteroatoms. The Balaban J connectivity index is 1.37. The van der Waals surface area contributed by atoms with Gasteiger partial charge in [-0.1, -0.05) is 29.8 Å². The van der Waals surface area contributed by atoms with Crippen molar-refractivity contribution in [1.29, 1.82) is 0 Å². The predicted octanol–water partition coefficient (Wildman–Crippen LogP) is 2.93. The van der Waals surface area contributed by atoms with Gasteiger partial charge in [-0.2, -0.15) is 0 Å². The summed E-state index contributed by atoms with van der Waals surface area (Å²) in [5, 5.41) is 3.61. The molecule has 1 saturated heterocycles. The van der Waals surface area contributed by atoms with Crippen LogP contribution in [-0.4, -0.2) is 54.4 Å². The molecule has 0 saturated carbocycles. The number of amides is 2. The van der Waals surface area contributed by atoms with Crippen LogP contribution in [0, 0.1) is 13.8 Å². The minimum absolute atomic E-state index is 0.00114. The number of pyridine rings is 1. The Morgan fingerprint density at radius 2 is 1.70 bits per heavy atom. The van der Waals surface area contributed by atoms with Crippen molar-refractivity contribution < 1.29 is 9.59 Å². The molecule has 1 aliphatic heterocycles. The summed E-state index contributed by atoms with van der Waals surface area (Å²) >= 11 is 0. The third-order valence-corrected chi connectivity index (χ3v) is 5.49. The topological polar surface area (TPSA) is 65.5 Å². The van der Waals surface area contributed by atoms with E-state index in [1.807, 2.05) is 55.1 Å². The average molecular weight is 402 g/mol. The van der Waals surface area contributed by atoms with Gasteiger partial charge in [0.05, 0.1) is 17.6 Å². The summed E-state index contributed by atoms with van der Waals surface area (Å²) in [4.78, 5) is 34.1. The molecule has 1 aromatic heterocycles. The number of carbonyl (C=O) groups is 2. The highest BCUT2D eigenvalue weighted by atomic mass is 16.2. The number of anilines is 1. The second-order valence-corrected chi connectivity index (χ2v) is 7.72. The highest BCUT2D eigenvalue weighted by Crippen LogP contribution is 2.20. The fourth-order valence-corrected chi connectivity index (χ4v) is 3.88. The maximum Gasteiger partial charge on any atom is 0.252 e. The van der Waals surface area contributed by atoms with Crippen LogP contribution in [0.25, 0.3) is 10.9 Å². The fraction of sp³-hybridized carbons (Fsp3) is 0.292. The third-order valence-electron chi connectivity index (χ3n) is 5.49. The van der Waals surface area contributed by atoms with Crippen molar-refractivity contribution in [2.45, 2.75) is 13.8 Å². The predicted molar refractivity (Wildman–Crippen MR) is 119 cm³/mol. The molecule has 0 atom stereocenters. The summed E-state index contributed by atoms with van der Waals surface area (Å²) in [6.45, 7) is 6.74. The number of fused-ring (bicyclic) bond motifs is 1. The number of aromatic nitrogens is 1. The van der Waals surface area contributed by atoms with Crippen molar-refractivity contribution in [3.05, 3.63) is 71.4 Å². The Bertz CT molecular complexity index is 1070. The Morgan fingerprint density at radius 1 is 0.967 bits per heavy atom. The van der Waals surface area contributed by atoms with Gasteiger partial charge in [-0.25, -0.2) is 0 Å². The van der Waals surface area contributed by atoms with Crippen LogP contribution in [0.1, 0.15) is 21.6 Å². The van der Waals surface area contributed by atoms with Gasteiger partial charge >= 0.3 is 0 Å². The molecule has 1 aliphatic rings. The maximum atomic E-state index is 12.8. The van der Waals surface area contributed by atoms with E-state index in [0.29, 0.717) is 18.7 Å². The summed E-state index contributed by atoms with van der Waals surface area (Å²) < 4.78 is 0. The number of rotatable bonds is 4. The van der Waals surface area contributed by atoms with E-state index in [2.05, 4.69) is 27.3 Å². The number of piperazine rings is 1. The lowest BCUT2D eigenvalue weighted by Gasteiger charge is -2.36. The van der Waals surface area contributed by atoms with Crippen LogP contribution in [0.15, 0.2) is 54.6 Å². The zero-order chi connectivity index (χ0) is 21.1. The number of nitrogens with one attached hydrogen (secondary N) is 1. The first-order chi connectivity index (χ1) is 14.5. The van der Waals surface area contributed by atoms with Crippen molar-refractivity contribution in [2.24, 2.45) is 0 Å². The molecule has 154 valence electrons. The highest BCUT2D eigenvalue weighted by molar-refractivity contribution is 6.07. The van der Waals surface area contributed by atoms with Crippen LogP contribution in [0.5, 0.6) is 0 Å². The molecule has 0 unspecified atom stereocenters. The maximum absolute atomic E-state index is 12.8. The zero-order valence-corrected chi connectivity index (χ0v) is 17.4. The summed E-state index contributed by atoms with van der Waals surface area (Å²) in [7, 11) is 0. The van der Waals surface area contributed by atoms with E-state index >= 15 is 0 Å². The van der Waals surface area contributed by atoms with Crippen LogP contribution in [-0.2, 0) is 4.79 Å². The quantitative estimate of drug-likeness (QED) is 0.729. The van der Waals surface area contributed by atoms with Gasteiger partial charge in [-0.15, -0.1) is 0 Å². The summed E-state index contributed by atoms with van der Waals surface area (Å²) in [5.41, 5.74) is 4.36. The first-order valence-electron chi connectivity index (χ1n) is 10.3. The summed E-state index contributed by atoms with van der Waals surface area (Å²) in [6.07, 6.45) is 0. The van der Waals surface area contributed by atoms with Gasteiger partial charge in [-0.3, -0.25) is 14.6 Å². The van der Waals surface area contributed by atoms with E-state index in [0.717, 1.165) is 35.2 Å². The monoisotopic (exact) mass is 402 g/mol. The smallest absolute Gasteiger partial charge is 0.252 e. The SMILES string of the molecule is Cc1ccc2nc(C)cc(C(=O)NCC(=O)N3CCN(c4ccccc4)CC3)c2c1. The number of aryl methyl sites for hydroxylation is 2. The molecular formula is C24H26N4O2. The lowest BCUT2D eigenvalue weighted by molar-refractivity contribution is -0.130. The molecule has 3 aromatic rings. The normalized spacial score (nSPS) is 14.1. The molecule has 30 heavy (non-hydrogen) atoms. The molecule has 2 aromatic carbocycles. The molecule has 4 rings (SSSR count). The van der Waals surface area contributed by atoms with Crippen LogP contribution in [0.3, 0.4) is 0 Å². The zero-order valence-electron chi connectivity index (χ0n) is 17.4. The molecule has 1 fully saturated rings. The highest BCUT2D eigenvalue weighted by Gasteiger charge is 2.22. The lowest BCUT2D eigenvalue weighted by Crippen LogP contribution is -2.51. The van der Waals surface area contributed by atoms with Crippen LogP contribution < -0.4 is 10.2 Å². The van der Waals surface area contributed by atoms with E-state index in [9.17, 15) is 9.59 Å². The Kier molecular flexibility index (Phi) is 5.65. The summed E-state index contributed by atoms with van der Waals surface area (Å²) in [5.74, 6) is -0.297. The largest absolute Gasteiger partial charge is 0.368 e. The van der Waals surface area contributed by atoms with Gasteiger partial charge in [0.15, 0.2) is 0 Å². The average Bonchev–Trinajstić information content (AvgIpc) is 2.77. The van der Waals surface area contributed by atoms with E-state index < -0.39 is 0 Å². The molecule has 6 nitrogen and oxygen atoms in total. The van der Waals surface area contributed by atoms with Gasteiger partial charge in [0.2, 0.25) is 5.91 Å². The molecule has 2 heterocycles. The van der Waals surface area contributed by atoms with Crippen LogP contribution >= 0.6 is 0 Å². The second kappa shape index (κ2) is 8.53. The standard InChI is InChI=1S/C24H26N4O2/c1-17-8-9-22-20(14-17)21(15-18(2)26-22)24(30)25-16-23(29)28-12-10-27(11-13-28)19-6-4-3-5-7-19/h3-9,14-15H,10-13,16H2,1-2H3,(H,25,30). The van der Waals surface area contributed by atoms with Gasteiger partial charge in [0, 0.05) is 42.9 Å². The van der Waals surface area contributed by atoms with Crippen LogP contribution in [0.2, 0.25) is 0 Å². The van der Waals surface area contributed by atoms with Crippen molar-refractivity contribution in [3.8, 4) is 0 Å². The van der Waals surface area contributed by atoms with Gasteiger partial charge in [-0.05, 0) is 44.2 Å². The van der Waals surface area contributed by atoms with E-state index in [-0.39, 0.29) is 18.4 Å². The lowest BCUT2D eigenvalue weighted by atomic mass is 10.0. The second-order valence-electron chi connectivity index (χ2n) is 7.72. The first kappa shape index (κ1) is 19.9. The van der Waals surface area contributed by atoms with Crippen molar-refractivity contribution in [2.75, 3.05) is 37.6 Å². The first-order valence-corrected chi connectivity index (χ1v) is 10.3. The fourth-order valence-electron chi connectivity index (χ4n) is 3.88. The van der Waals surface area contributed by atoms with Crippen molar-refractivity contribution in [3.63, 3.8) is 0 Å². The number of hydrogen-bond acceptors (Lipinski definition) is 4. The molecule has 0 radical (unpaired) electrons. The van der Waals surface area contributed by atoms with Crippen molar-refractivity contribution >= 4 is 28.4 Å².